The van der Waals surface area contributed by atoms with Crippen LogP contribution in [0.4, 0.5) is 17.1 Å². The van der Waals surface area contributed by atoms with Crippen molar-refractivity contribution in [3.8, 4) is 44.8 Å². The van der Waals surface area contributed by atoms with Crippen LogP contribution in [0, 0.1) is 0 Å². The molecular weight excluding hydrogens is 607 g/mol. The van der Waals surface area contributed by atoms with Gasteiger partial charge in [-0.1, -0.05) is 152 Å². The monoisotopic (exact) mass is 639 g/mol. The lowest BCUT2D eigenvalue weighted by molar-refractivity contribution is 0.979. The van der Waals surface area contributed by atoms with E-state index >= 15 is 0 Å². The lowest BCUT2D eigenvalue weighted by atomic mass is 9.95. The number of hydrogen-bond acceptors (Lipinski definition) is 2. The van der Waals surface area contributed by atoms with Crippen molar-refractivity contribution in [2.75, 3.05) is 4.90 Å². The molecule has 3 heteroatoms. The number of para-hydroxylation sites is 2. The van der Waals surface area contributed by atoms with Gasteiger partial charge < -0.3 is 4.90 Å². The minimum Gasteiger partial charge on any atom is -0.311 e. The van der Waals surface area contributed by atoms with Gasteiger partial charge in [0.15, 0.2) is 0 Å². The number of anilines is 3. The molecule has 0 unspecified atom stereocenters. The number of rotatable bonds is 7. The van der Waals surface area contributed by atoms with Crippen LogP contribution < -0.4 is 4.90 Å². The van der Waals surface area contributed by atoms with Crippen molar-refractivity contribution >= 4 is 33.4 Å². The summed E-state index contributed by atoms with van der Waals surface area (Å²) in [5.74, 6) is 0. The van der Waals surface area contributed by atoms with Gasteiger partial charge in [-0.25, -0.2) is 4.52 Å². The molecule has 0 N–H and O–H groups in total. The third-order valence-corrected chi connectivity index (χ3v) is 9.38. The molecule has 0 fully saturated rings. The Hall–Kier alpha value is -6.71. The fourth-order valence-corrected chi connectivity index (χ4v) is 7.01. The third-order valence-electron chi connectivity index (χ3n) is 9.38. The summed E-state index contributed by atoms with van der Waals surface area (Å²) in [6.07, 6.45) is 0. The predicted octanol–water partition coefficient (Wildman–Crippen LogP) is 12.6. The maximum absolute atomic E-state index is 5.39. The van der Waals surface area contributed by atoms with Crippen LogP contribution in [-0.2, 0) is 0 Å². The minimum absolute atomic E-state index is 0.971. The second-order valence-electron chi connectivity index (χ2n) is 12.5. The Labute approximate surface area is 292 Å². The standard InChI is InChI=1S/C47H33N3/c1-6-16-35(17-7-1)44-33-39-27-26-38(34-28-30-42(31-29-34)49(40-22-12-4-13-23-40)41-24-14-5-15-25-41)32-43(39)47-45(36-18-8-2-9-19-36)46(48-50(44)47)37-20-10-3-11-21-37/h1-33H. The summed E-state index contributed by atoms with van der Waals surface area (Å²) < 4.78 is 2.16. The molecule has 0 spiro atoms. The van der Waals surface area contributed by atoms with Crippen molar-refractivity contribution in [2.45, 2.75) is 0 Å². The Morgan fingerprint density at radius 2 is 0.860 bits per heavy atom. The summed E-state index contributed by atoms with van der Waals surface area (Å²) in [6, 6.07) is 70.9. The molecule has 9 aromatic rings. The zero-order valence-electron chi connectivity index (χ0n) is 27.4. The second-order valence-corrected chi connectivity index (χ2v) is 12.5. The largest absolute Gasteiger partial charge is 0.311 e. The molecule has 2 heterocycles. The van der Waals surface area contributed by atoms with E-state index in [9.17, 15) is 0 Å². The van der Waals surface area contributed by atoms with Gasteiger partial charge in [-0.2, -0.15) is 5.10 Å². The van der Waals surface area contributed by atoms with E-state index in [0.29, 0.717) is 0 Å². The Kier molecular flexibility index (Phi) is 7.49. The van der Waals surface area contributed by atoms with Crippen molar-refractivity contribution in [2.24, 2.45) is 0 Å². The summed E-state index contributed by atoms with van der Waals surface area (Å²) in [7, 11) is 0. The van der Waals surface area contributed by atoms with E-state index in [1.165, 1.54) is 5.39 Å². The number of nitrogens with zero attached hydrogens (tertiary/aromatic N) is 3. The van der Waals surface area contributed by atoms with Gasteiger partial charge in [-0.05, 0) is 70.6 Å². The summed E-state index contributed by atoms with van der Waals surface area (Å²) in [5.41, 5.74) is 13.3. The molecule has 50 heavy (non-hydrogen) atoms. The number of hydrogen-bond donors (Lipinski definition) is 0. The van der Waals surface area contributed by atoms with Crippen LogP contribution in [-0.4, -0.2) is 9.61 Å². The van der Waals surface area contributed by atoms with Crippen LogP contribution in [0.25, 0.3) is 61.1 Å². The summed E-state index contributed by atoms with van der Waals surface area (Å²) in [5, 5.41) is 7.72. The number of aromatic nitrogens is 2. The van der Waals surface area contributed by atoms with Gasteiger partial charge in [0.25, 0.3) is 0 Å². The van der Waals surface area contributed by atoms with Crippen molar-refractivity contribution in [1.29, 1.82) is 0 Å². The third kappa shape index (κ3) is 5.32. The van der Waals surface area contributed by atoms with Crippen LogP contribution >= 0.6 is 0 Å². The SMILES string of the molecule is c1ccc(-c2nn3c(-c4ccccc4)cc4ccc(-c5ccc(N(c6ccccc6)c6ccccc6)cc5)cc4c3c2-c2ccccc2)cc1. The second kappa shape index (κ2) is 12.7. The first-order valence-corrected chi connectivity index (χ1v) is 17.0. The van der Waals surface area contributed by atoms with Crippen LogP contribution in [0.1, 0.15) is 0 Å². The normalized spacial score (nSPS) is 11.2. The van der Waals surface area contributed by atoms with Gasteiger partial charge in [-0.3, -0.25) is 0 Å². The lowest BCUT2D eigenvalue weighted by Crippen LogP contribution is -2.09. The first-order valence-electron chi connectivity index (χ1n) is 17.0. The molecule has 3 nitrogen and oxygen atoms in total. The molecule has 0 amide bonds. The lowest BCUT2D eigenvalue weighted by Gasteiger charge is -2.25. The first-order chi connectivity index (χ1) is 24.8. The van der Waals surface area contributed by atoms with Crippen molar-refractivity contribution in [1.82, 2.24) is 9.61 Å². The van der Waals surface area contributed by atoms with Crippen molar-refractivity contribution in [3.05, 3.63) is 200 Å². The Morgan fingerprint density at radius 3 is 1.44 bits per heavy atom. The van der Waals surface area contributed by atoms with Crippen molar-refractivity contribution < 1.29 is 0 Å². The van der Waals surface area contributed by atoms with E-state index in [1.807, 2.05) is 0 Å². The van der Waals surface area contributed by atoms with E-state index in [4.69, 9.17) is 5.10 Å². The molecular formula is C47H33N3. The fourth-order valence-electron chi connectivity index (χ4n) is 7.01. The summed E-state index contributed by atoms with van der Waals surface area (Å²) >= 11 is 0. The Balaban J connectivity index is 1.25. The molecule has 2 aromatic heterocycles. The molecule has 7 aromatic carbocycles. The fraction of sp³-hybridized carbons (Fsp3) is 0. The average molecular weight is 640 g/mol. The van der Waals surface area contributed by atoms with E-state index in [0.717, 1.165) is 72.7 Å². The van der Waals surface area contributed by atoms with Gasteiger partial charge in [0.2, 0.25) is 0 Å². The molecule has 0 aliphatic rings. The van der Waals surface area contributed by atoms with Crippen LogP contribution in [0.3, 0.4) is 0 Å². The Bertz CT molecular complexity index is 2500. The van der Waals surface area contributed by atoms with Crippen molar-refractivity contribution in [3.63, 3.8) is 0 Å². The highest BCUT2D eigenvalue weighted by Gasteiger charge is 2.22. The molecule has 0 atom stereocenters. The smallest absolute Gasteiger partial charge is 0.101 e. The molecule has 0 saturated heterocycles. The molecule has 0 bridgehead atoms. The molecule has 236 valence electrons. The predicted molar refractivity (Wildman–Crippen MR) is 209 cm³/mol. The molecule has 0 aliphatic heterocycles. The van der Waals surface area contributed by atoms with Crippen LogP contribution in [0.5, 0.6) is 0 Å². The van der Waals surface area contributed by atoms with Crippen LogP contribution in [0.2, 0.25) is 0 Å². The number of benzene rings is 7. The Morgan fingerprint density at radius 1 is 0.380 bits per heavy atom. The molecule has 0 aliphatic carbocycles. The van der Waals surface area contributed by atoms with Crippen LogP contribution in [0.15, 0.2) is 200 Å². The maximum atomic E-state index is 5.39. The summed E-state index contributed by atoms with van der Waals surface area (Å²) in [6.45, 7) is 0. The number of fused-ring (bicyclic) bond motifs is 3. The highest BCUT2D eigenvalue weighted by molar-refractivity contribution is 6.09. The maximum Gasteiger partial charge on any atom is 0.101 e. The summed E-state index contributed by atoms with van der Waals surface area (Å²) in [4.78, 5) is 2.29. The zero-order chi connectivity index (χ0) is 33.3. The van der Waals surface area contributed by atoms with E-state index in [-0.39, 0.29) is 0 Å². The quantitative estimate of drug-likeness (QED) is 0.173. The minimum atomic E-state index is 0.971. The van der Waals surface area contributed by atoms with Gasteiger partial charge in [0, 0.05) is 39.1 Å². The van der Waals surface area contributed by atoms with Gasteiger partial charge in [0.05, 0.1) is 11.2 Å². The van der Waals surface area contributed by atoms with Gasteiger partial charge >= 0.3 is 0 Å². The van der Waals surface area contributed by atoms with Gasteiger partial charge in [-0.15, -0.1) is 0 Å². The first kappa shape index (κ1) is 29.4. The van der Waals surface area contributed by atoms with E-state index in [1.54, 1.807) is 0 Å². The van der Waals surface area contributed by atoms with Gasteiger partial charge in [0.1, 0.15) is 5.69 Å². The molecule has 9 rings (SSSR count). The topological polar surface area (TPSA) is 20.5 Å². The highest BCUT2D eigenvalue weighted by atomic mass is 15.2. The molecule has 0 saturated carbocycles. The average Bonchev–Trinajstić information content (AvgIpc) is 3.61. The van der Waals surface area contributed by atoms with E-state index < -0.39 is 0 Å². The highest BCUT2D eigenvalue weighted by Crippen LogP contribution is 2.42. The van der Waals surface area contributed by atoms with E-state index in [2.05, 4.69) is 210 Å². The number of pyridine rings is 1. The zero-order valence-corrected chi connectivity index (χ0v) is 27.4. The molecule has 0 radical (unpaired) electrons.